The minimum atomic E-state index is -0.439. The van der Waals surface area contributed by atoms with Crippen LogP contribution in [0.15, 0.2) is 29.2 Å². The Hall–Kier alpha value is -2.09. The highest BCUT2D eigenvalue weighted by molar-refractivity contribution is 8.00. The lowest BCUT2D eigenvalue weighted by Gasteiger charge is -2.38. The van der Waals surface area contributed by atoms with E-state index in [9.17, 15) is 19.7 Å². The standard InChI is InChI=1S/C19H25N3O4S/c1-14(27-16-9-7-15(8-10-16)22(25)26)18(23)21-13-3-2-6-17(21)19(24)20-11-4-5-12-20/h7-10,14,17H,2-6,11-13H2,1H3/t14-,17+/m0/s1. The highest BCUT2D eigenvalue weighted by Gasteiger charge is 2.37. The van der Waals surface area contributed by atoms with Gasteiger partial charge in [-0.3, -0.25) is 19.7 Å². The molecule has 0 aliphatic carbocycles. The smallest absolute Gasteiger partial charge is 0.269 e. The first-order chi connectivity index (χ1) is 13.0. The number of nitrogens with zero attached hydrogens (tertiary/aromatic N) is 3. The van der Waals surface area contributed by atoms with Crippen molar-refractivity contribution in [1.29, 1.82) is 0 Å². The lowest BCUT2D eigenvalue weighted by molar-refractivity contribution is -0.384. The van der Waals surface area contributed by atoms with Crippen molar-refractivity contribution in [2.24, 2.45) is 0 Å². The third-order valence-corrected chi connectivity index (χ3v) is 6.30. The molecule has 0 saturated carbocycles. The van der Waals surface area contributed by atoms with Gasteiger partial charge in [0.1, 0.15) is 6.04 Å². The monoisotopic (exact) mass is 391 g/mol. The molecular formula is C19H25N3O4S. The average Bonchev–Trinajstić information content (AvgIpc) is 3.22. The summed E-state index contributed by atoms with van der Waals surface area (Å²) in [5.74, 6) is 0.0590. The van der Waals surface area contributed by atoms with Crippen LogP contribution in [-0.2, 0) is 9.59 Å². The summed E-state index contributed by atoms with van der Waals surface area (Å²) < 4.78 is 0. The molecule has 0 bridgehead atoms. The second-order valence-electron chi connectivity index (χ2n) is 7.09. The van der Waals surface area contributed by atoms with E-state index in [2.05, 4.69) is 0 Å². The zero-order valence-corrected chi connectivity index (χ0v) is 16.3. The predicted molar refractivity (Wildman–Crippen MR) is 104 cm³/mol. The molecule has 27 heavy (non-hydrogen) atoms. The Morgan fingerprint density at radius 3 is 2.37 bits per heavy atom. The molecule has 8 heteroatoms. The molecule has 0 spiro atoms. The highest BCUT2D eigenvalue weighted by atomic mass is 32.2. The SMILES string of the molecule is C[C@H](Sc1ccc([N+](=O)[O-])cc1)C(=O)N1CCCC[C@@H]1C(=O)N1CCCC1. The van der Waals surface area contributed by atoms with E-state index in [-0.39, 0.29) is 28.8 Å². The van der Waals surface area contributed by atoms with Crippen LogP contribution in [0.3, 0.4) is 0 Å². The van der Waals surface area contributed by atoms with Crippen molar-refractivity contribution >= 4 is 29.3 Å². The molecule has 2 aliphatic heterocycles. The molecule has 146 valence electrons. The summed E-state index contributed by atoms with van der Waals surface area (Å²) >= 11 is 1.37. The number of likely N-dealkylation sites (tertiary alicyclic amines) is 2. The predicted octanol–water partition coefficient (Wildman–Crippen LogP) is 3.08. The van der Waals surface area contributed by atoms with Crippen LogP contribution in [0, 0.1) is 10.1 Å². The molecule has 1 aromatic rings. The maximum absolute atomic E-state index is 13.0. The normalized spacial score (nSPS) is 21.1. The molecule has 2 heterocycles. The van der Waals surface area contributed by atoms with Crippen LogP contribution in [0.25, 0.3) is 0 Å². The molecule has 3 rings (SSSR count). The van der Waals surface area contributed by atoms with Gasteiger partial charge in [0.2, 0.25) is 11.8 Å². The molecular weight excluding hydrogens is 366 g/mol. The molecule has 2 saturated heterocycles. The molecule has 0 N–H and O–H groups in total. The van der Waals surface area contributed by atoms with Crippen LogP contribution >= 0.6 is 11.8 Å². The van der Waals surface area contributed by atoms with Gasteiger partial charge >= 0.3 is 0 Å². The summed E-state index contributed by atoms with van der Waals surface area (Å²) in [5, 5.41) is 10.4. The summed E-state index contributed by atoms with van der Waals surface area (Å²) in [7, 11) is 0. The van der Waals surface area contributed by atoms with Crippen LogP contribution < -0.4 is 0 Å². The zero-order valence-electron chi connectivity index (χ0n) is 15.5. The molecule has 1 aromatic carbocycles. The van der Waals surface area contributed by atoms with Crippen molar-refractivity contribution in [2.75, 3.05) is 19.6 Å². The van der Waals surface area contributed by atoms with Crippen molar-refractivity contribution in [3.05, 3.63) is 34.4 Å². The fourth-order valence-corrected chi connectivity index (χ4v) is 4.67. The highest BCUT2D eigenvalue weighted by Crippen LogP contribution is 2.29. The van der Waals surface area contributed by atoms with Crippen molar-refractivity contribution in [2.45, 2.75) is 55.2 Å². The number of thioether (sulfide) groups is 1. The van der Waals surface area contributed by atoms with E-state index in [0.29, 0.717) is 6.54 Å². The lowest BCUT2D eigenvalue weighted by Crippen LogP contribution is -2.54. The second kappa shape index (κ2) is 8.73. The first-order valence-corrected chi connectivity index (χ1v) is 10.4. The van der Waals surface area contributed by atoms with Gasteiger partial charge in [0.25, 0.3) is 5.69 Å². The van der Waals surface area contributed by atoms with Crippen molar-refractivity contribution in [3.63, 3.8) is 0 Å². The van der Waals surface area contributed by atoms with E-state index < -0.39 is 4.92 Å². The number of piperidine rings is 1. The summed E-state index contributed by atoms with van der Waals surface area (Å²) in [6.45, 7) is 4.05. The van der Waals surface area contributed by atoms with Gasteiger partial charge in [0.05, 0.1) is 10.2 Å². The number of nitro benzene ring substituents is 1. The number of non-ortho nitro benzene ring substituents is 1. The van der Waals surface area contributed by atoms with E-state index in [1.165, 1.54) is 23.9 Å². The maximum Gasteiger partial charge on any atom is 0.269 e. The number of carbonyl (C=O) groups excluding carboxylic acids is 2. The van der Waals surface area contributed by atoms with Gasteiger partial charge in [-0.15, -0.1) is 11.8 Å². The number of benzene rings is 1. The second-order valence-corrected chi connectivity index (χ2v) is 8.50. The minimum Gasteiger partial charge on any atom is -0.341 e. The van der Waals surface area contributed by atoms with Gasteiger partial charge in [-0.1, -0.05) is 0 Å². The van der Waals surface area contributed by atoms with E-state index in [1.807, 2.05) is 11.8 Å². The average molecular weight is 391 g/mol. The molecule has 7 nitrogen and oxygen atoms in total. The third-order valence-electron chi connectivity index (χ3n) is 5.20. The number of rotatable bonds is 5. The number of nitro groups is 1. The van der Waals surface area contributed by atoms with Gasteiger partial charge in [-0.25, -0.2) is 0 Å². The van der Waals surface area contributed by atoms with Gasteiger partial charge in [0.15, 0.2) is 0 Å². The van der Waals surface area contributed by atoms with Crippen LogP contribution in [0.4, 0.5) is 5.69 Å². The Kier molecular flexibility index (Phi) is 6.36. The Morgan fingerprint density at radius 2 is 1.74 bits per heavy atom. The first kappa shape index (κ1) is 19.7. The molecule has 2 aliphatic rings. The molecule has 2 atom stereocenters. The summed E-state index contributed by atoms with van der Waals surface area (Å²) in [5.41, 5.74) is 0.0330. The van der Waals surface area contributed by atoms with Crippen molar-refractivity contribution in [3.8, 4) is 0 Å². The Balaban J connectivity index is 1.66. The molecule has 0 unspecified atom stereocenters. The summed E-state index contributed by atoms with van der Waals surface area (Å²) in [6, 6.07) is 5.87. The Morgan fingerprint density at radius 1 is 1.11 bits per heavy atom. The quantitative estimate of drug-likeness (QED) is 0.438. The first-order valence-electron chi connectivity index (χ1n) is 9.48. The van der Waals surface area contributed by atoms with E-state index in [1.54, 1.807) is 17.0 Å². The fraction of sp³-hybridized carbons (Fsp3) is 0.579. The topological polar surface area (TPSA) is 83.8 Å². The Labute approximate surface area is 163 Å². The number of hydrogen-bond donors (Lipinski definition) is 0. The molecule has 2 amide bonds. The van der Waals surface area contributed by atoms with E-state index in [0.717, 1.165) is 50.1 Å². The molecule has 0 aromatic heterocycles. The minimum absolute atomic E-state index is 0.0319. The van der Waals surface area contributed by atoms with E-state index in [4.69, 9.17) is 0 Å². The van der Waals surface area contributed by atoms with Crippen LogP contribution in [-0.4, -0.2) is 57.5 Å². The zero-order chi connectivity index (χ0) is 19.4. The van der Waals surface area contributed by atoms with E-state index >= 15 is 0 Å². The summed E-state index contributed by atoms with van der Waals surface area (Å²) in [6.07, 6.45) is 4.70. The van der Waals surface area contributed by atoms with Crippen LogP contribution in [0.5, 0.6) is 0 Å². The number of hydrogen-bond acceptors (Lipinski definition) is 5. The van der Waals surface area contributed by atoms with Crippen LogP contribution in [0.1, 0.15) is 39.0 Å². The van der Waals surface area contributed by atoms with Crippen molar-refractivity contribution in [1.82, 2.24) is 9.80 Å². The largest absolute Gasteiger partial charge is 0.341 e. The fourth-order valence-electron chi connectivity index (χ4n) is 3.73. The number of carbonyl (C=O) groups is 2. The van der Waals surface area contributed by atoms with Gasteiger partial charge < -0.3 is 9.80 Å². The Bertz CT molecular complexity index is 703. The van der Waals surface area contributed by atoms with Gasteiger partial charge in [-0.05, 0) is 51.2 Å². The summed E-state index contributed by atoms with van der Waals surface area (Å²) in [4.78, 5) is 40.7. The molecule has 2 fully saturated rings. The maximum atomic E-state index is 13.0. The van der Waals surface area contributed by atoms with Crippen molar-refractivity contribution < 1.29 is 14.5 Å². The van der Waals surface area contributed by atoms with Gasteiger partial charge in [-0.2, -0.15) is 0 Å². The number of amides is 2. The lowest BCUT2D eigenvalue weighted by atomic mass is 10.0. The van der Waals surface area contributed by atoms with Crippen LogP contribution in [0.2, 0.25) is 0 Å². The molecule has 0 radical (unpaired) electrons. The van der Waals surface area contributed by atoms with Gasteiger partial charge in [0, 0.05) is 36.7 Å². The third kappa shape index (κ3) is 4.61.